The Kier molecular flexibility index (Phi) is 3.95. The van der Waals surface area contributed by atoms with Crippen molar-refractivity contribution in [3.63, 3.8) is 0 Å². The molecule has 3 nitrogen and oxygen atoms in total. The molecule has 0 aliphatic heterocycles. The average molecular weight is 387 g/mol. The molecule has 0 aliphatic carbocycles. The maximum Gasteiger partial charge on any atom is 0.573 e. The van der Waals surface area contributed by atoms with Gasteiger partial charge in [-0.2, -0.15) is 0 Å². The van der Waals surface area contributed by atoms with E-state index in [2.05, 4.69) is 4.74 Å². The highest BCUT2D eigenvalue weighted by Gasteiger charge is 2.32. The van der Waals surface area contributed by atoms with Gasteiger partial charge in [0.15, 0.2) is 0 Å². The Labute approximate surface area is 107 Å². The van der Waals surface area contributed by atoms with Gasteiger partial charge in [0, 0.05) is 16.7 Å². The molecule has 90 valence electrons. The molecule has 0 bridgehead atoms. The van der Waals surface area contributed by atoms with E-state index in [0.717, 1.165) is 18.2 Å². The Hall–Kier alpha value is -0.220. The fourth-order valence-corrected chi connectivity index (χ4v) is 2.05. The van der Waals surface area contributed by atoms with Gasteiger partial charge < -0.3 is 4.74 Å². The summed E-state index contributed by atoms with van der Waals surface area (Å²) in [4.78, 5) is -0.450. The minimum Gasteiger partial charge on any atom is -0.405 e. The fourth-order valence-electron chi connectivity index (χ4n) is 0.838. The lowest BCUT2D eigenvalue weighted by atomic mass is 10.3. The summed E-state index contributed by atoms with van der Waals surface area (Å²) in [6, 6.07) is 2.97. The standard InChI is InChI=1S/C7H3ClF3IO3S/c8-16(13,14)4-1-2-5(12)6(3-4)15-7(9,10)11/h1-3H. The molecule has 0 spiro atoms. The summed E-state index contributed by atoms with van der Waals surface area (Å²) in [5, 5.41) is 0. The molecule has 0 saturated heterocycles. The van der Waals surface area contributed by atoms with E-state index in [4.69, 9.17) is 10.7 Å². The van der Waals surface area contributed by atoms with Crippen LogP contribution in [0.3, 0.4) is 0 Å². The number of alkyl halides is 3. The Morgan fingerprint density at radius 1 is 1.31 bits per heavy atom. The van der Waals surface area contributed by atoms with E-state index in [1.165, 1.54) is 0 Å². The van der Waals surface area contributed by atoms with Crippen LogP contribution in [-0.4, -0.2) is 14.8 Å². The molecule has 16 heavy (non-hydrogen) atoms. The van der Waals surface area contributed by atoms with E-state index in [0.29, 0.717) is 0 Å². The SMILES string of the molecule is O=S(=O)(Cl)c1ccc(I)c(OC(F)(F)F)c1. The fraction of sp³-hybridized carbons (Fsp3) is 0.143. The van der Waals surface area contributed by atoms with E-state index >= 15 is 0 Å². The lowest BCUT2D eigenvalue weighted by Gasteiger charge is -2.10. The summed E-state index contributed by atoms with van der Waals surface area (Å²) >= 11 is 1.58. The second-order valence-corrected chi connectivity index (χ2v) is 6.31. The van der Waals surface area contributed by atoms with Gasteiger partial charge in [0.2, 0.25) is 0 Å². The van der Waals surface area contributed by atoms with Gasteiger partial charge in [-0.3, -0.25) is 0 Å². The van der Waals surface area contributed by atoms with E-state index in [1.807, 2.05) is 0 Å². The minimum absolute atomic E-state index is 0.124. The summed E-state index contributed by atoms with van der Waals surface area (Å²) < 4.78 is 61.4. The van der Waals surface area contributed by atoms with E-state index in [9.17, 15) is 21.6 Å². The van der Waals surface area contributed by atoms with Gasteiger partial charge in [0.1, 0.15) is 5.75 Å². The van der Waals surface area contributed by atoms with Gasteiger partial charge in [-0.25, -0.2) is 8.42 Å². The van der Waals surface area contributed by atoms with Gasteiger partial charge in [-0.05, 0) is 34.7 Å². The molecule has 0 unspecified atom stereocenters. The maximum atomic E-state index is 11.9. The predicted octanol–water partition coefficient (Wildman–Crippen LogP) is 3.12. The van der Waals surface area contributed by atoms with Crippen molar-refractivity contribution in [1.82, 2.24) is 0 Å². The topological polar surface area (TPSA) is 43.4 Å². The molecule has 0 N–H and O–H groups in total. The molecule has 0 aromatic heterocycles. The van der Waals surface area contributed by atoms with Crippen LogP contribution >= 0.6 is 33.3 Å². The average Bonchev–Trinajstić information content (AvgIpc) is 2.04. The van der Waals surface area contributed by atoms with Crippen molar-refractivity contribution in [2.45, 2.75) is 11.3 Å². The molecule has 1 aromatic carbocycles. The van der Waals surface area contributed by atoms with E-state index in [1.54, 1.807) is 22.6 Å². The zero-order chi connectivity index (χ0) is 12.6. The Bertz CT molecular complexity index is 500. The summed E-state index contributed by atoms with van der Waals surface area (Å²) in [7, 11) is 0.911. The lowest BCUT2D eigenvalue weighted by molar-refractivity contribution is -0.275. The van der Waals surface area contributed by atoms with Crippen molar-refractivity contribution in [3.8, 4) is 5.75 Å². The number of hydrogen-bond acceptors (Lipinski definition) is 3. The first-order valence-electron chi connectivity index (χ1n) is 3.59. The van der Waals surface area contributed by atoms with Gasteiger partial charge in [-0.15, -0.1) is 13.2 Å². The Balaban J connectivity index is 3.20. The van der Waals surface area contributed by atoms with Gasteiger partial charge >= 0.3 is 6.36 Å². The van der Waals surface area contributed by atoms with Crippen molar-refractivity contribution < 1.29 is 26.3 Å². The summed E-state index contributed by atoms with van der Waals surface area (Å²) in [6.45, 7) is 0. The van der Waals surface area contributed by atoms with Crippen LogP contribution in [0.15, 0.2) is 23.1 Å². The summed E-state index contributed by atoms with van der Waals surface area (Å²) in [5.41, 5.74) is 0. The summed E-state index contributed by atoms with van der Waals surface area (Å²) in [5.74, 6) is -0.602. The van der Waals surface area contributed by atoms with Gasteiger partial charge in [0.05, 0.1) is 8.47 Å². The highest BCUT2D eigenvalue weighted by molar-refractivity contribution is 14.1. The minimum atomic E-state index is -4.88. The molecule has 0 amide bonds. The van der Waals surface area contributed by atoms with Crippen molar-refractivity contribution in [2.24, 2.45) is 0 Å². The molecular weight excluding hydrogens is 383 g/mol. The van der Waals surface area contributed by atoms with Crippen LogP contribution in [0, 0.1) is 3.57 Å². The molecular formula is C7H3ClF3IO3S. The molecule has 0 saturated carbocycles. The second-order valence-electron chi connectivity index (χ2n) is 2.58. The van der Waals surface area contributed by atoms with Crippen LogP contribution in [0.4, 0.5) is 13.2 Å². The third kappa shape index (κ3) is 3.98. The summed E-state index contributed by atoms with van der Waals surface area (Å²) in [6.07, 6.45) is -4.88. The maximum absolute atomic E-state index is 11.9. The molecule has 1 aromatic rings. The zero-order valence-corrected chi connectivity index (χ0v) is 11.0. The Morgan fingerprint density at radius 2 is 1.88 bits per heavy atom. The monoisotopic (exact) mass is 386 g/mol. The first-order chi connectivity index (χ1) is 7.09. The largest absolute Gasteiger partial charge is 0.573 e. The van der Waals surface area contributed by atoms with Gasteiger partial charge in [0.25, 0.3) is 9.05 Å². The molecule has 9 heteroatoms. The number of halogens is 5. The van der Waals surface area contributed by atoms with Crippen LogP contribution in [-0.2, 0) is 9.05 Å². The van der Waals surface area contributed by atoms with Crippen molar-refractivity contribution in [2.75, 3.05) is 0 Å². The van der Waals surface area contributed by atoms with Crippen LogP contribution in [0.5, 0.6) is 5.75 Å². The van der Waals surface area contributed by atoms with E-state index < -0.39 is 26.1 Å². The normalized spacial score (nSPS) is 12.6. The van der Waals surface area contributed by atoms with Crippen molar-refractivity contribution in [1.29, 1.82) is 0 Å². The highest BCUT2D eigenvalue weighted by atomic mass is 127. The van der Waals surface area contributed by atoms with Crippen LogP contribution in [0.25, 0.3) is 0 Å². The predicted molar refractivity (Wildman–Crippen MR) is 58.9 cm³/mol. The second kappa shape index (κ2) is 4.57. The van der Waals surface area contributed by atoms with Crippen LogP contribution in [0.1, 0.15) is 0 Å². The molecule has 0 fully saturated rings. The van der Waals surface area contributed by atoms with Crippen molar-refractivity contribution in [3.05, 3.63) is 21.8 Å². The van der Waals surface area contributed by atoms with Gasteiger partial charge in [-0.1, -0.05) is 0 Å². The zero-order valence-electron chi connectivity index (χ0n) is 7.25. The molecule has 0 aliphatic rings. The van der Waals surface area contributed by atoms with Crippen LogP contribution in [0.2, 0.25) is 0 Å². The molecule has 1 rings (SSSR count). The number of rotatable bonds is 2. The Morgan fingerprint density at radius 3 is 2.31 bits per heavy atom. The lowest BCUT2D eigenvalue weighted by Crippen LogP contribution is -2.18. The number of benzene rings is 1. The third-order valence-corrected chi connectivity index (χ3v) is 3.65. The highest BCUT2D eigenvalue weighted by Crippen LogP contribution is 2.30. The number of ether oxygens (including phenoxy) is 1. The quantitative estimate of drug-likeness (QED) is 0.579. The first kappa shape index (κ1) is 13.8. The molecule has 0 heterocycles. The smallest absolute Gasteiger partial charge is 0.405 e. The molecule has 0 radical (unpaired) electrons. The number of hydrogen-bond donors (Lipinski definition) is 0. The van der Waals surface area contributed by atoms with Crippen LogP contribution < -0.4 is 4.74 Å². The first-order valence-corrected chi connectivity index (χ1v) is 6.98. The third-order valence-electron chi connectivity index (χ3n) is 1.41. The van der Waals surface area contributed by atoms with Crippen molar-refractivity contribution >= 4 is 42.3 Å². The van der Waals surface area contributed by atoms with E-state index in [-0.39, 0.29) is 3.57 Å². The molecule has 0 atom stereocenters.